The van der Waals surface area contributed by atoms with Gasteiger partial charge in [0, 0.05) is 62.4 Å². The van der Waals surface area contributed by atoms with Crippen molar-refractivity contribution in [3.8, 4) is 23.2 Å². The van der Waals surface area contributed by atoms with Crippen molar-refractivity contribution >= 4 is 32.8 Å². The first-order valence-electron chi connectivity index (χ1n) is 10.0. The number of nitrogens with zero attached hydrogens (tertiary/aromatic N) is 5. The molecule has 0 amide bonds. The smallest absolute Gasteiger partial charge is 0.217 e. The molecule has 0 spiro atoms. The molecule has 0 aliphatic heterocycles. The Hall–Kier alpha value is -3.83. The van der Waals surface area contributed by atoms with E-state index in [0.717, 1.165) is 38.7 Å². The van der Waals surface area contributed by atoms with Crippen molar-refractivity contribution in [3.05, 3.63) is 84.9 Å². The molecule has 0 fully saturated rings. The van der Waals surface area contributed by atoms with Gasteiger partial charge in [-0.25, -0.2) is 9.97 Å². The van der Waals surface area contributed by atoms with Crippen LogP contribution in [0.5, 0.6) is 17.4 Å². The monoisotopic (exact) mass is 613 g/mol. The van der Waals surface area contributed by atoms with Gasteiger partial charge in [0.1, 0.15) is 11.3 Å². The van der Waals surface area contributed by atoms with Crippen molar-refractivity contribution in [2.45, 2.75) is 6.92 Å². The Morgan fingerprint density at radius 3 is 2.70 bits per heavy atom. The predicted molar refractivity (Wildman–Crippen MR) is 121 cm³/mol. The summed E-state index contributed by atoms with van der Waals surface area (Å²) in [5.41, 5.74) is 4.13. The fraction of sp³-hybridized carbons (Fsp3) is 0.0400. The van der Waals surface area contributed by atoms with Gasteiger partial charge in [-0.05, 0) is 36.8 Å². The molecule has 6 aromatic rings. The summed E-state index contributed by atoms with van der Waals surface area (Å²) in [4.78, 5) is 17.6. The van der Waals surface area contributed by atoms with Crippen LogP contribution in [-0.2, 0) is 21.1 Å². The molecule has 0 aliphatic carbocycles. The summed E-state index contributed by atoms with van der Waals surface area (Å²) in [5.74, 6) is 1.63. The molecule has 8 heteroatoms. The van der Waals surface area contributed by atoms with Crippen LogP contribution < -0.4 is 4.74 Å². The minimum Gasteiger partial charge on any atom is -0.504 e. The quantitative estimate of drug-likeness (QED) is 0.279. The van der Waals surface area contributed by atoms with Crippen LogP contribution >= 0.6 is 0 Å². The van der Waals surface area contributed by atoms with Gasteiger partial charge in [-0.2, -0.15) is 6.07 Å². The molecule has 0 radical (unpaired) electrons. The molecule has 164 valence electrons. The molecule has 0 saturated carbocycles. The van der Waals surface area contributed by atoms with Crippen LogP contribution in [0.4, 0.5) is 0 Å². The van der Waals surface area contributed by atoms with E-state index in [2.05, 4.69) is 26.0 Å². The minimum atomic E-state index is 0. The number of fused-ring (bicyclic) bond motifs is 4. The predicted octanol–water partition coefficient (Wildman–Crippen LogP) is 5.12. The van der Waals surface area contributed by atoms with Gasteiger partial charge in [0.2, 0.25) is 5.88 Å². The van der Waals surface area contributed by atoms with E-state index in [0.29, 0.717) is 17.1 Å². The van der Waals surface area contributed by atoms with Crippen molar-refractivity contribution in [3.63, 3.8) is 0 Å². The van der Waals surface area contributed by atoms with Crippen LogP contribution in [0.25, 0.3) is 38.7 Å². The summed E-state index contributed by atoms with van der Waals surface area (Å²) in [6, 6.07) is 18.6. The number of hydrogen-bond acceptors (Lipinski definition) is 6. The number of pyridine rings is 4. The van der Waals surface area contributed by atoms with E-state index >= 15 is 0 Å². The first-order chi connectivity index (χ1) is 15.7. The molecule has 1 aromatic carbocycles. The zero-order valence-corrected chi connectivity index (χ0v) is 19.6. The Morgan fingerprint density at radius 1 is 0.939 bits per heavy atom. The average molecular weight is 614 g/mol. The van der Waals surface area contributed by atoms with Gasteiger partial charge in [0.15, 0.2) is 5.75 Å². The molecule has 5 heterocycles. The van der Waals surface area contributed by atoms with Gasteiger partial charge in [-0.15, -0.1) is 12.1 Å². The van der Waals surface area contributed by atoms with Crippen molar-refractivity contribution in [2.24, 2.45) is 0 Å². The summed E-state index contributed by atoms with van der Waals surface area (Å²) < 4.78 is 8.03. The zero-order chi connectivity index (χ0) is 21.7. The van der Waals surface area contributed by atoms with Gasteiger partial charge >= 0.3 is 0 Å². The molecule has 0 atom stereocenters. The maximum Gasteiger partial charge on any atom is 0.217 e. The minimum absolute atomic E-state index is 0. The molecule has 7 nitrogen and oxygen atoms in total. The molecule has 0 saturated heterocycles. The van der Waals surface area contributed by atoms with E-state index in [1.807, 2.05) is 54.1 Å². The van der Waals surface area contributed by atoms with Crippen molar-refractivity contribution in [1.82, 2.24) is 24.5 Å². The van der Waals surface area contributed by atoms with E-state index in [1.165, 1.54) is 6.20 Å². The normalized spacial score (nSPS) is 11.1. The summed E-state index contributed by atoms with van der Waals surface area (Å²) in [7, 11) is 0. The fourth-order valence-corrected chi connectivity index (χ4v) is 3.81. The molecule has 0 aliphatic rings. The number of aromatic nitrogens is 5. The van der Waals surface area contributed by atoms with Crippen LogP contribution in [0.3, 0.4) is 0 Å². The first-order valence-corrected chi connectivity index (χ1v) is 10.0. The Kier molecular flexibility index (Phi) is 5.27. The number of rotatable bonds is 3. The van der Waals surface area contributed by atoms with Gasteiger partial charge in [0.05, 0.1) is 11.7 Å². The summed E-state index contributed by atoms with van der Waals surface area (Å²) in [6.07, 6.45) is 6.62. The van der Waals surface area contributed by atoms with Gasteiger partial charge < -0.3 is 14.4 Å². The van der Waals surface area contributed by atoms with E-state index in [1.54, 1.807) is 24.5 Å². The number of hydrogen-bond donors (Lipinski definition) is 1. The third kappa shape index (κ3) is 3.60. The Bertz CT molecular complexity index is 1630. The van der Waals surface area contributed by atoms with E-state index < -0.39 is 0 Å². The number of aryl methyl sites for hydroxylation is 1. The summed E-state index contributed by atoms with van der Waals surface area (Å²) >= 11 is 0. The molecule has 33 heavy (non-hydrogen) atoms. The van der Waals surface area contributed by atoms with Crippen LogP contribution in [0.15, 0.2) is 73.3 Å². The van der Waals surface area contributed by atoms with E-state index in [-0.39, 0.29) is 26.8 Å². The van der Waals surface area contributed by atoms with Gasteiger partial charge in [0.25, 0.3) is 0 Å². The van der Waals surface area contributed by atoms with Crippen LogP contribution in [0, 0.1) is 13.0 Å². The van der Waals surface area contributed by atoms with Gasteiger partial charge in [-0.1, -0.05) is 17.0 Å². The number of aromatic hydroxyl groups is 1. The topological polar surface area (TPSA) is 86.0 Å². The molecular formula is C25H16N5O2Pt-. The largest absolute Gasteiger partial charge is 0.504 e. The third-order valence-corrected chi connectivity index (χ3v) is 5.30. The Balaban J connectivity index is 0.00000228. The Labute approximate surface area is 203 Å². The maximum atomic E-state index is 10.1. The molecule has 0 unspecified atom stereocenters. The standard InChI is InChI=1S/C25H16N5O2.Pt/c1-15-4-8-22(28-12-15)30-19-3-2-10-27-25(19)18-7-6-17(11-20(18)30)32-23-9-5-16-13-26-14-21(31)24(16)29-23;/h2-10,12-14,31H,1H3;/q-1;. The summed E-state index contributed by atoms with van der Waals surface area (Å²) in [6.45, 7) is 2.01. The fourth-order valence-electron chi connectivity index (χ4n) is 3.81. The van der Waals surface area contributed by atoms with Crippen molar-refractivity contribution in [1.29, 1.82) is 0 Å². The maximum absolute atomic E-state index is 10.1. The molecule has 0 bridgehead atoms. The molecule has 6 rings (SSSR count). The number of benzene rings is 1. The molecular weight excluding hydrogens is 597 g/mol. The van der Waals surface area contributed by atoms with E-state index in [9.17, 15) is 5.11 Å². The molecule has 5 aromatic heterocycles. The second-order valence-corrected chi connectivity index (χ2v) is 7.47. The van der Waals surface area contributed by atoms with Crippen molar-refractivity contribution < 1.29 is 30.9 Å². The van der Waals surface area contributed by atoms with Crippen molar-refractivity contribution in [2.75, 3.05) is 0 Å². The zero-order valence-electron chi connectivity index (χ0n) is 17.3. The molecule has 1 N–H and O–H groups in total. The van der Waals surface area contributed by atoms with Gasteiger partial charge in [-0.3, -0.25) is 9.97 Å². The van der Waals surface area contributed by atoms with E-state index in [4.69, 9.17) is 4.74 Å². The van der Waals surface area contributed by atoms with Crippen LogP contribution in [-0.4, -0.2) is 29.6 Å². The first kappa shape index (κ1) is 21.0. The van der Waals surface area contributed by atoms with Crippen LogP contribution in [0.1, 0.15) is 5.56 Å². The third-order valence-electron chi connectivity index (χ3n) is 5.30. The Morgan fingerprint density at radius 2 is 1.85 bits per heavy atom. The summed E-state index contributed by atoms with van der Waals surface area (Å²) in [5, 5.41) is 11.7. The SMILES string of the molecule is Cc1ccc(-n2c3[c-]c(Oc4ccc5cncc(O)c5n4)ccc3c3ncccc32)nc1.[Pt]. The number of ether oxygens (including phenoxy) is 1. The second kappa shape index (κ2) is 8.26. The van der Waals surface area contributed by atoms with Crippen LogP contribution in [0.2, 0.25) is 0 Å². The second-order valence-electron chi connectivity index (χ2n) is 7.47. The average Bonchev–Trinajstić information content (AvgIpc) is 3.14.